The minimum atomic E-state index is 0.859. The van der Waals surface area contributed by atoms with Gasteiger partial charge in [-0.3, -0.25) is 0 Å². The summed E-state index contributed by atoms with van der Waals surface area (Å²) in [6, 6.07) is 6.21. The van der Waals surface area contributed by atoms with Gasteiger partial charge in [0, 0.05) is 11.4 Å². The first kappa shape index (κ1) is 13.1. The molecule has 0 bridgehead atoms. The van der Waals surface area contributed by atoms with Crippen molar-refractivity contribution in [2.75, 3.05) is 14.2 Å². The molecule has 0 aliphatic carbocycles. The molecular formula is C14H18N2OS. The van der Waals surface area contributed by atoms with Crippen molar-refractivity contribution in [1.29, 1.82) is 0 Å². The second-order valence-electron chi connectivity index (χ2n) is 4.26. The highest BCUT2D eigenvalue weighted by atomic mass is 32.1. The molecule has 0 saturated carbocycles. The number of ether oxygens (including phenoxy) is 1. The largest absolute Gasteiger partial charge is 0.496 e. The highest BCUT2D eigenvalue weighted by Gasteiger charge is 2.12. The molecule has 18 heavy (non-hydrogen) atoms. The van der Waals surface area contributed by atoms with Crippen molar-refractivity contribution < 1.29 is 4.74 Å². The average Bonchev–Trinajstić information content (AvgIpc) is 2.71. The molecule has 0 atom stereocenters. The Morgan fingerprint density at radius 3 is 2.78 bits per heavy atom. The Morgan fingerprint density at radius 1 is 1.33 bits per heavy atom. The summed E-state index contributed by atoms with van der Waals surface area (Å²) in [5, 5.41) is 4.19. The van der Waals surface area contributed by atoms with E-state index in [0.717, 1.165) is 28.6 Å². The van der Waals surface area contributed by atoms with Crippen LogP contribution in [0, 0.1) is 13.8 Å². The zero-order valence-electron chi connectivity index (χ0n) is 11.2. The molecule has 0 aliphatic rings. The summed E-state index contributed by atoms with van der Waals surface area (Å²) in [4.78, 5) is 5.91. The number of hydrogen-bond donors (Lipinski definition) is 1. The minimum absolute atomic E-state index is 0.859. The molecule has 0 aliphatic heterocycles. The SMILES string of the molecule is CNCc1sc(-c2ccc(C)cc2OC)nc1C. The van der Waals surface area contributed by atoms with E-state index >= 15 is 0 Å². The second kappa shape index (κ2) is 5.50. The first-order valence-corrected chi connectivity index (χ1v) is 6.73. The lowest BCUT2D eigenvalue weighted by molar-refractivity contribution is 0.416. The van der Waals surface area contributed by atoms with Gasteiger partial charge in [0.2, 0.25) is 0 Å². The predicted molar refractivity (Wildman–Crippen MR) is 76.3 cm³/mol. The fraction of sp³-hybridized carbons (Fsp3) is 0.357. The summed E-state index contributed by atoms with van der Waals surface area (Å²) >= 11 is 1.72. The molecule has 2 rings (SSSR count). The average molecular weight is 262 g/mol. The summed E-state index contributed by atoms with van der Waals surface area (Å²) in [5.74, 6) is 0.889. The number of aryl methyl sites for hydroxylation is 2. The number of aromatic nitrogens is 1. The molecule has 3 nitrogen and oxygen atoms in total. The van der Waals surface area contributed by atoms with Crippen LogP contribution in [0.4, 0.5) is 0 Å². The van der Waals surface area contributed by atoms with Crippen LogP contribution < -0.4 is 10.1 Å². The van der Waals surface area contributed by atoms with Crippen molar-refractivity contribution in [2.24, 2.45) is 0 Å². The van der Waals surface area contributed by atoms with E-state index in [1.54, 1.807) is 18.4 Å². The normalized spacial score (nSPS) is 10.7. The van der Waals surface area contributed by atoms with Crippen LogP contribution in [0.25, 0.3) is 10.6 Å². The van der Waals surface area contributed by atoms with Crippen LogP contribution in [0.3, 0.4) is 0 Å². The van der Waals surface area contributed by atoms with Gasteiger partial charge in [0.05, 0.1) is 18.4 Å². The van der Waals surface area contributed by atoms with Crippen molar-refractivity contribution in [3.63, 3.8) is 0 Å². The predicted octanol–water partition coefficient (Wildman–Crippen LogP) is 3.15. The molecule has 96 valence electrons. The Balaban J connectivity index is 2.45. The molecule has 0 amide bonds. The smallest absolute Gasteiger partial charge is 0.129 e. The molecule has 0 unspecified atom stereocenters. The van der Waals surface area contributed by atoms with Crippen molar-refractivity contribution in [1.82, 2.24) is 10.3 Å². The van der Waals surface area contributed by atoms with E-state index in [9.17, 15) is 0 Å². The lowest BCUT2D eigenvalue weighted by Gasteiger charge is -2.06. The highest BCUT2D eigenvalue weighted by molar-refractivity contribution is 7.15. The Labute approximate surface area is 112 Å². The number of benzene rings is 1. The Kier molecular flexibility index (Phi) is 3.99. The summed E-state index contributed by atoms with van der Waals surface area (Å²) in [5.41, 5.74) is 3.35. The van der Waals surface area contributed by atoms with Gasteiger partial charge in [0.15, 0.2) is 0 Å². The molecule has 1 aromatic carbocycles. The summed E-state index contributed by atoms with van der Waals surface area (Å²) in [6.45, 7) is 4.97. The maximum Gasteiger partial charge on any atom is 0.129 e. The van der Waals surface area contributed by atoms with Crippen LogP contribution in [-0.2, 0) is 6.54 Å². The van der Waals surface area contributed by atoms with Crippen LogP contribution >= 0.6 is 11.3 Å². The minimum Gasteiger partial charge on any atom is -0.496 e. The number of nitrogens with one attached hydrogen (secondary N) is 1. The topological polar surface area (TPSA) is 34.1 Å². The van der Waals surface area contributed by atoms with Crippen molar-refractivity contribution >= 4 is 11.3 Å². The van der Waals surface area contributed by atoms with Gasteiger partial charge < -0.3 is 10.1 Å². The molecule has 0 fully saturated rings. The van der Waals surface area contributed by atoms with Gasteiger partial charge >= 0.3 is 0 Å². The monoisotopic (exact) mass is 262 g/mol. The van der Waals surface area contributed by atoms with Crippen molar-refractivity contribution in [3.8, 4) is 16.3 Å². The third kappa shape index (κ3) is 2.54. The zero-order chi connectivity index (χ0) is 13.1. The number of hydrogen-bond acceptors (Lipinski definition) is 4. The van der Waals surface area contributed by atoms with E-state index in [2.05, 4.69) is 29.4 Å². The van der Waals surface area contributed by atoms with Crippen molar-refractivity contribution in [3.05, 3.63) is 34.3 Å². The fourth-order valence-electron chi connectivity index (χ4n) is 1.84. The van der Waals surface area contributed by atoms with Gasteiger partial charge in [-0.15, -0.1) is 11.3 Å². The van der Waals surface area contributed by atoms with E-state index < -0.39 is 0 Å². The van der Waals surface area contributed by atoms with Gasteiger partial charge in [-0.05, 0) is 38.6 Å². The summed E-state index contributed by atoms with van der Waals surface area (Å²) in [6.07, 6.45) is 0. The number of thiazole rings is 1. The molecule has 0 saturated heterocycles. The molecule has 0 radical (unpaired) electrons. The molecule has 1 N–H and O–H groups in total. The highest BCUT2D eigenvalue weighted by Crippen LogP contribution is 2.34. The van der Waals surface area contributed by atoms with Gasteiger partial charge in [0.1, 0.15) is 10.8 Å². The van der Waals surface area contributed by atoms with Gasteiger partial charge in [-0.25, -0.2) is 4.98 Å². The Morgan fingerprint density at radius 2 is 2.11 bits per heavy atom. The van der Waals surface area contributed by atoms with E-state index in [1.807, 2.05) is 20.0 Å². The van der Waals surface area contributed by atoms with E-state index in [1.165, 1.54) is 10.4 Å². The van der Waals surface area contributed by atoms with E-state index in [4.69, 9.17) is 4.74 Å². The Bertz CT molecular complexity index is 549. The van der Waals surface area contributed by atoms with Gasteiger partial charge in [-0.1, -0.05) is 6.07 Å². The third-order valence-corrected chi connectivity index (χ3v) is 4.01. The van der Waals surface area contributed by atoms with Crippen molar-refractivity contribution in [2.45, 2.75) is 20.4 Å². The lowest BCUT2D eigenvalue weighted by Crippen LogP contribution is -2.04. The maximum atomic E-state index is 5.44. The first-order chi connectivity index (χ1) is 8.65. The summed E-state index contributed by atoms with van der Waals surface area (Å²) in [7, 11) is 3.65. The van der Waals surface area contributed by atoms with Crippen LogP contribution in [0.2, 0.25) is 0 Å². The van der Waals surface area contributed by atoms with Gasteiger partial charge in [0.25, 0.3) is 0 Å². The summed E-state index contributed by atoms with van der Waals surface area (Å²) < 4.78 is 5.44. The second-order valence-corrected chi connectivity index (χ2v) is 5.35. The molecule has 4 heteroatoms. The van der Waals surface area contributed by atoms with Crippen LogP contribution in [0.5, 0.6) is 5.75 Å². The standard InChI is InChI=1S/C14H18N2OS/c1-9-5-6-11(12(7-9)17-4)14-16-10(2)13(18-14)8-15-3/h5-7,15H,8H2,1-4H3. The van der Waals surface area contributed by atoms with Gasteiger partial charge in [-0.2, -0.15) is 0 Å². The molecule has 2 aromatic rings. The van der Waals surface area contributed by atoms with Crippen LogP contribution in [0.15, 0.2) is 18.2 Å². The zero-order valence-corrected chi connectivity index (χ0v) is 12.0. The number of nitrogens with zero attached hydrogens (tertiary/aromatic N) is 1. The molecular weight excluding hydrogens is 244 g/mol. The van der Waals surface area contributed by atoms with E-state index in [0.29, 0.717) is 0 Å². The third-order valence-electron chi connectivity index (χ3n) is 2.82. The Hall–Kier alpha value is -1.39. The molecule has 0 spiro atoms. The number of rotatable bonds is 4. The van der Waals surface area contributed by atoms with Crippen LogP contribution in [0.1, 0.15) is 16.1 Å². The quantitative estimate of drug-likeness (QED) is 0.919. The lowest BCUT2D eigenvalue weighted by atomic mass is 10.1. The fourth-order valence-corrected chi connectivity index (χ4v) is 2.95. The van der Waals surface area contributed by atoms with Crippen LogP contribution in [-0.4, -0.2) is 19.1 Å². The molecule has 1 heterocycles. The van der Waals surface area contributed by atoms with E-state index in [-0.39, 0.29) is 0 Å². The number of methoxy groups -OCH3 is 1. The first-order valence-electron chi connectivity index (χ1n) is 5.91. The molecule has 1 aromatic heterocycles. The maximum absolute atomic E-state index is 5.44.